The highest BCUT2D eigenvalue weighted by molar-refractivity contribution is 5.75. The van der Waals surface area contributed by atoms with E-state index in [1.165, 1.54) is 5.56 Å². The molecule has 2 aromatic carbocycles. The van der Waals surface area contributed by atoms with Crippen LogP contribution in [0.3, 0.4) is 0 Å². The summed E-state index contributed by atoms with van der Waals surface area (Å²) in [5.41, 5.74) is 2.32. The Bertz CT molecular complexity index is 835. The molecule has 4 nitrogen and oxygen atoms in total. The first kappa shape index (κ1) is 18.6. The van der Waals surface area contributed by atoms with Crippen molar-refractivity contribution in [2.24, 2.45) is 0 Å². The zero-order chi connectivity index (χ0) is 18.7. The molecule has 0 unspecified atom stereocenters. The Hall–Kier alpha value is -3.14. The summed E-state index contributed by atoms with van der Waals surface area (Å²) in [6.07, 6.45) is 5.17. The van der Waals surface area contributed by atoms with Crippen LogP contribution in [0.15, 0.2) is 79.0 Å². The van der Waals surface area contributed by atoms with Gasteiger partial charge in [-0.15, -0.1) is 0 Å². The van der Waals surface area contributed by atoms with Crippen molar-refractivity contribution in [2.45, 2.75) is 32.2 Å². The number of nitrogens with one attached hydrogen (secondary N) is 1. The molecule has 0 saturated carbocycles. The van der Waals surface area contributed by atoms with Crippen molar-refractivity contribution in [1.29, 1.82) is 0 Å². The van der Waals surface area contributed by atoms with Gasteiger partial charge in [0.1, 0.15) is 5.75 Å². The lowest BCUT2D eigenvalue weighted by Crippen LogP contribution is -2.22. The first-order chi connectivity index (χ1) is 13.3. The number of hydrogen-bond acceptors (Lipinski definition) is 3. The van der Waals surface area contributed by atoms with Gasteiger partial charge in [-0.2, -0.15) is 0 Å². The number of pyridine rings is 1. The Morgan fingerprint density at radius 2 is 1.70 bits per heavy atom. The zero-order valence-corrected chi connectivity index (χ0v) is 15.3. The van der Waals surface area contributed by atoms with E-state index in [1.54, 1.807) is 6.20 Å². The van der Waals surface area contributed by atoms with Crippen molar-refractivity contribution in [2.75, 3.05) is 0 Å². The van der Waals surface area contributed by atoms with Gasteiger partial charge in [-0.1, -0.05) is 48.5 Å². The van der Waals surface area contributed by atoms with Gasteiger partial charge >= 0.3 is 0 Å². The summed E-state index contributed by atoms with van der Waals surface area (Å²) in [5.74, 6) is 1.35. The molecule has 0 bridgehead atoms. The Labute approximate surface area is 160 Å². The van der Waals surface area contributed by atoms with Crippen molar-refractivity contribution in [3.05, 3.63) is 90.1 Å². The van der Waals surface area contributed by atoms with E-state index in [2.05, 4.69) is 22.4 Å². The molecule has 0 spiro atoms. The molecule has 0 saturated heterocycles. The molecular weight excluding hydrogens is 336 g/mol. The average molecular weight is 360 g/mol. The van der Waals surface area contributed by atoms with Gasteiger partial charge in [-0.3, -0.25) is 4.79 Å². The summed E-state index contributed by atoms with van der Waals surface area (Å²) in [6, 6.07) is 23.6. The van der Waals surface area contributed by atoms with Crippen LogP contribution in [0.1, 0.15) is 30.4 Å². The lowest BCUT2D eigenvalue weighted by molar-refractivity contribution is -0.121. The molecule has 1 aromatic heterocycles. The van der Waals surface area contributed by atoms with Crippen LogP contribution in [0.25, 0.3) is 0 Å². The van der Waals surface area contributed by atoms with Crippen molar-refractivity contribution < 1.29 is 9.53 Å². The number of hydrogen-bond donors (Lipinski definition) is 1. The second kappa shape index (κ2) is 10.1. The third-order valence-corrected chi connectivity index (χ3v) is 4.21. The molecule has 0 aliphatic rings. The molecule has 1 N–H and O–H groups in total. The quantitative estimate of drug-likeness (QED) is 0.552. The van der Waals surface area contributed by atoms with Crippen LogP contribution in [0.2, 0.25) is 0 Å². The lowest BCUT2D eigenvalue weighted by atomic mass is 10.1. The molecule has 1 amide bonds. The fraction of sp³-hybridized carbons (Fsp3) is 0.217. The van der Waals surface area contributed by atoms with E-state index in [1.807, 2.05) is 60.7 Å². The molecular formula is C23H24N2O2. The maximum absolute atomic E-state index is 12.1. The van der Waals surface area contributed by atoms with Crippen molar-refractivity contribution >= 4 is 5.91 Å². The van der Waals surface area contributed by atoms with Crippen molar-refractivity contribution in [3.8, 4) is 11.6 Å². The maximum Gasteiger partial charge on any atom is 0.220 e. The average Bonchev–Trinajstić information content (AvgIpc) is 2.71. The minimum absolute atomic E-state index is 0.0825. The summed E-state index contributed by atoms with van der Waals surface area (Å²) < 4.78 is 5.72. The molecule has 0 aliphatic heterocycles. The highest BCUT2D eigenvalue weighted by Crippen LogP contribution is 2.20. The van der Waals surface area contributed by atoms with Gasteiger partial charge < -0.3 is 10.1 Å². The number of ether oxygens (including phenoxy) is 1. The van der Waals surface area contributed by atoms with Crippen LogP contribution >= 0.6 is 0 Å². The predicted octanol–water partition coefficient (Wildman–Crippen LogP) is 4.90. The maximum atomic E-state index is 12.1. The normalized spacial score (nSPS) is 10.4. The van der Waals surface area contributed by atoms with Crippen molar-refractivity contribution in [3.63, 3.8) is 0 Å². The second-order valence-electron chi connectivity index (χ2n) is 6.39. The van der Waals surface area contributed by atoms with E-state index in [0.717, 1.165) is 24.8 Å². The van der Waals surface area contributed by atoms with E-state index in [9.17, 15) is 4.79 Å². The molecule has 27 heavy (non-hydrogen) atoms. The standard InChI is InChI=1S/C23H24N2O2/c26-22(14-5-4-11-19-9-2-1-3-10-19)25-18-20-12-8-13-21(17-20)27-23-15-6-7-16-24-23/h1-3,6-10,12-13,15-17H,4-5,11,14,18H2,(H,25,26). The summed E-state index contributed by atoms with van der Waals surface area (Å²) >= 11 is 0. The number of amides is 1. The predicted molar refractivity (Wildman–Crippen MR) is 107 cm³/mol. The van der Waals surface area contributed by atoms with Gasteiger partial charge in [0.05, 0.1) is 0 Å². The smallest absolute Gasteiger partial charge is 0.220 e. The van der Waals surface area contributed by atoms with E-state index in [4.69, 9.17) is 4.74 Å². The molecule has 3 rings (SSSR count). The number of aryl methyl sites for hydroxylation is 1. The van der Waals surface area contributed by atoms with Gasteiger partial charge in [-0.25, -0.2) is 4.98 Å². The monoisotopic (exact) mass is 360 g/mol. The Kier molecular flexibility index (Phi) is 6.99. The number of aromatic nitrogens is 1. The summed E-state index contributed by atoms with van der Waals surface area (Å²) in [5, 5.41) is 2.98. The lowest BCUT2D eigenvalue weighted by Gasteiger charge is -2.08. The van der Waals surface area contributed by atoms with Gasteiger partial charge in [0.15, 0.2) is 0 Å². The van der Waals surface area contributed by atoms with Crippen LogP contribution in [-0.4, -0.2) is 10.9 Å². The molecule has 0 radical (unpaired) electrons. The molecule has 1 heterocycles. The number of carbonyl (C=O) groups is 1. The van der Waals surface area contributed by atoms with E-state index >= 15 is 0 Å². The molecule has 0 atom stereocenters. The molecule has 138 valence electrons. The third kappa shape index (κ3) is 6.59. The van der Waals surface area contributed by atoms with Crippen LogP contribution in [0.4, 0.5) is 0 Å². The van der Waals surface area contributed by atoms with Gasteiger partial charge in [0.2, 0.25) is 11.8 Å². The third-order valence-electron chi connectivity index (χ3n) is 4.21. The van der Waals surface area contributed by atoms with Crippen LogP contribution in [-0.2, 0) is 17.8 Å². The SMILES string of the molecule is O=C(CCCCc1ccccc1)NCc1cccc(Oc2ccccn2)c1. The van der Waals surface area contributed by atoms with Crippen molar-refractivity contribution in [1.82, 2.24) is 10.3 Å². The van der Waals surface area contributed by atoms with Gasteiger partial charge in [0, 0.05) is 25.2 Å². The highest BCUT2D eigenvalue weighted by atomic mass is 16.5. The molecule has 0 fully saturated rings. The summed E-state index contributed by atoms with van der Waals surface area (Å²) in [6.45, 7) is 0.497. The number of carbonyl (C=O) groups excluding carboxylic acids is 1. The number of benzene rings is 2. The van der Waals surface area contributed by atoms with E-state index in [0.29, 0.717) is 24.6 Å². The number of rotatable bonds is 9. The Morgan fingerprint density at radius 3 is 2.52 bits per heavy atom. The molecule has 4 heteroatoms. The number of unbranched alkanes of at least 4 members (excludes halogenated alkanes) is 1. The number of nitrogens with zero attached hydrogens (tertiary/aromatic N) is 1. The van der Waals surface area contributed by atoms with Crippen LogP contribution in [0.5, 0.6) is 11.6 Å². The van der Waals surface area contributed by atoms with Crippen LogP contribution in [0, 0.1) is 0 Å². The fourth-order valence-electron chi connectivity index (χ4n) is 2.80. The summed E-state index contributed by atoms with van der Waals surface area (Å²) in [7, 11) is 0. The minimum Gasteiger partial charge on any atom is -0.439 e. The van der Waals surface area contributed by atoms with Gasteiger partial charge in [-0.05, 0) is 48.6 Å². The highest BCUT2D eigenvalue weighted by Gasteiger charge is 2.04. The topological polar surface area (TPSA) is 51.2 Å². The zero-order valence-electron chi connectivity index (χ0n) is 15.3. The van der Waals surface area contributed by atoms with Gasteiger partial charge in [0.25, 0.3) is 0 Å². The fourth-order valence-corrected chi connectivity index (χ4v) is 2.80. The molecule has 0 aliphatic carbocycles. The second-order valence-corrected chi connectivity index (χ2v) is 6.39. The molecule has 3 aromatic rings. The van der Waals surface area contributed by atoms with E-state index < -0.39 is 0 Å². The Balaban J connectivity index is 1.39. The van der Waals surface area contributed by atoms with Crippen LogP contribution < -0.4 is 10.1 Å². The summed E-state index contributed by atoms with van der Waals surface area (Å²) in [4.78, 5) is 16.2. The largest absolute Gasteiger partial charge is 0.439 e. The minimum atomic E-state index is 0.0825. The Morgan fingerprint density at radius 1 is 0.889 bits per heavy atom. The first-order valence-corrected chi connectivity index (χ1v) is 9.28. The van der Waals surface area contributed by atoms with E-state index in [-0.39, 0.29) is 5.91 Å². The first-order valence-electron chi connectivity index (χ1n) is 9.28.